The number of fused-ring (bicyclic) bond motifs is 1. The minimum atomic E-state index is -0.102. The molecule has 0 radical (unpaired) electrons. The van der Waals surface area contributed by atoms with Crippen LogP contribution >= 0.6 is 0 Å². The van der Waals surface area contributed by atoms with Gasteiger partial charge in [0.2, 0.25) is 5.95 Å². The Bertz CT molecular complexity index is 1030. The average molecular weight is 392 g/mol. The molecule has 2 heterocycles. The van der Waals surface area contributed by atoms with Crippen molar-refractivity contribution in [3.05, 3.63) is 53.5 Å². The van der Waals surface area contributed by atoms with Gasteiger partial charge in [0.15, 0.2) is 5.78 Å². The third-order valence-corrected chi connectivity index (χ3v) is 4.96. The SMILES string of the molecule is COc1cccc2c(C(=O)CCc3cccc(COCC4CC4)n3)nc(N)nc12. The molecule has 0 aliphatic heterocycles. The molecule has 3 aromatic rings. The zero-order chi connectivity index (χ0) is 20.2. The quantitative estimate of drug-likeness (QED) is 0.557. The molecule has 4 rings (SSSR count). The molecule has 0 atom stereocenters. The third kappa shape index (κ3) is 4.68. The van der Waals surface area contributed by atoms with Crippen LogP contribution in [-0.4, -0.2) is 34.5 Å². The van der Waals surface area contributed by atoms with Crippen LogP contribution in [0.2, 0.25) is 0 Å². The summed E-state index contributed by atoms with van der Waals surface area (Å²) in [5.41, 5.74) is 8.43. The molecule has 150 valence electrons. The van der Waals surface area contributed by atoms with E-state index in [4.69, 9.17) is 15.2 Å². The standard InChI is InChI=1S/C22H24N4O3/c1-28-19-7-3-6-17-20(25-22(23)26-21(17)19)18(27)11-10-15-4-2-5-16(24-15)13-29-12-14-8-9-14/h2-7,14H,8-13H2,1H3,(H2,23,25,26). The summed E-state index contributed by atoms with van der Waals surface area (Å²) >= 11 is 0. The number of hydrogen-bond acceptors (Lipinski definition) is 7. The number of anilines is 1. The van der Waals surface area contributed by atoms with E-state index in [-0.39, 0.29) is 18.2 Å². The Morgan fingerprint density at radius 3 is 2.69 bits per heavy atom. The Balaban J connectivity index is 1.46. The molecule has 0 saturated heterocycles. The molecule has 7 heteroatoms. The molecular formula is C22H24N4O3. The fourth-order valence-corrected chi connectivity index (χ4v) is 3.24. The summed E-state index contributed by atoms with van der Waals surface area (Å²) in [5, 5.41) is 0.638. The summed E-state index contributed by atoms with van der Waals surface area (Å²) in [6, 6.07) is 11.2. The lowest BCUT2D eigenvalue weighted by atomic mass is 10.1. The van der Waals surface area contributed by atoms with Crippen LogP contribution in [0.5, 0.6) is 5.75 Å². The van der Waals surface area contributed by atoms with Crippen molar-refractivity contribution >= 4 is 22.6 Å². The van der Waals surface area contributed by atoms with Crippen molar-refractivity contribution in [1.82, 2.24) is 15.0 Å². The number of aromatic nitrogens is 3. The normalized spacial score (nSPS) is 13.6. The highest BCUT2D eigenvalue weighted by atomic mass is 16.5. The first-order chi connectivity index (χ1) is 14.1. The topological polar surface area (TPSA) is 100 Å². The Morgan fingerprint density at radius 1 is 1.10 bits per heavy atom. The molecule has 1 aliphatic rings. The van der Waals surface area contributed by atoms with Crippen LogP contribution in [-0.2, 0) is 17.8 Å². The van der Waals surface area contributed by atoms with Gasteiger partial charge in [0.1, 0.15) is 17.0 Å². The predicted octanol–water partition coefficient (Wildman–Crippen LogP) is 3.36. The van der Waals surface area contributed by atoms with Gasteiger partial charge in [-0.1, -0.05) is 18.2 Å². The van der Waals surface area contributed by atoms with Gasteiger partial charge >= 0.3 is 0 Å². The lowest BCUT2D eigenvalue weighted by Crippen LogP contribution is -2.09. The lowest BCUT2D eigenvalue weighted by molar-refractivity contribution is 0.0979. The number of nitrogens with two attached hydrogens (primary N) is 1. The number of benzene rings is 1. The summed E-state index contributed by atoms with van der Waals surface area (Å²) in [6.07, 6.45) is 3.33. The maximum Gasteiger partial charge on any atom is 0.221 e. The minimum absolute atomic E-state index is 0.0540. The molecule has 2 N–H and O–H groups in total. The summed E-state index contributed by atoms with van der Waals surface area (Å²) < 4.78 is 11.0. The Morgan fingerprint density at radius 2 is 1.90 bits per heavy atom. The van der Waals surface area contributed by atoms with Crippen LogP contribution in [0, 0.1) is 5.92 Å². The highest BCUT2D eigenvalue weighted by Crippen LogP contribution is 2.29. The number of carbonyl (C=O) groups excluding carboxylic acids is 1. The first-order valence-corrected chi connectivity index (χ1v) is 9.80. The second kappa shape index (κ2) is 8.53. The molecule has 1 saturated carbocycles. The number of rotatable bonds is 9. The lowest BCUT2D eigenvalue weighted by Gasteiger charge is -2.09. The first-order valence-electron chi connectivity index (χ1n) is 9.80. The maximum atomic E-state index is 12.9. The Hall–Kier alpha value is -3.06. The second-order valence-electron chi connectivity index (χ2n) is 7.29. The number of ether oxygens (including phenoxy) is 2. The molecule has 2 aromatic heterocycles. The Labute approximate surface area is 169 Å². The number of aryl methyl sites for hydroxylation is 1. The van der Waals surface area contributed by atoms with Crippen LogP contribution < -0.4 is 10.5 Å². The van der Waals surface area contributed by atoms with Gasteiger partial charge in [0.05, 0.1) is 19.4 Å². The molecule has 7 nitrogen and oxygen atoms in total. The third-order valence-electron chi connectivity index (χ3n) is 4.96. The van der Waals surface area contributed by atoms with E-state index in [1.807, 2.05) is 24.3 Å². The van der Waals surface area contributed by atoms with Crippen molar-refractivity contribution in [2.45, 2.75) is 32.3 Å². The molecule has 1 fully saturated rings. The maximum absolute atomic E-state index is 12.9. The van der Waals surface area contributed by atoms with E-state index < -0.39 is 0 Å². The number of methoxy groups -OCH3 is 1. The smallest absolute Gasteiger partial charge is 0.221 e. The van der Waals surface area contributed by atoms with Gasteiger partial charge in [0.25, 0.3) is 0 Å². The van der Waals surface area contributed by atoms with Crippen molar-refractivity contribution in [2.75, 3.05) is 19.5 Å². The molecule has 0 bridgehead atoms. The van der Waals surface area contributed by atoms with Gasteiger partial charge < -0.3 is 15.2 Å². The van der Waals surface area contributed by atoms with E-state index in [9.17, 15) is 4.79 Å². The number of pyridine rings is 1. The molecule has 1 aliphatic carbocycles. The van der Waals surface area contributed by atoms with Crippen molar-refractivity contribution in [2.24, 2.45) is 5.92 Å². The molecular weight excluding hydrogens is 368 g/mol. The summed E-state index contributed by atoms with van der Waals surface area (Å²) in [5.74, 6) is 1.24. The van der Waals surface area contributed by atoms with Crippen LogP contribution in [0.25, 0.3) is 10.9 Å². The van der Waals surface area contributed by atoms with Crippen molar-refractivity contribution < 1.29 is 14.3 Å². The highest BCUT2D eigenvalue weighted by molar-refractivity contribution is 6.07. The number of Topliss-reactive ketones (excluding diaryl/α,β-unsaturated/α-hetero) is 1. The highest BCUT2D eigenvalue weighted by Gasteiger charge is 2.21. The molecule has 0 spiro atoms. The van der Waals surface area contributed by atoms with Crippen molar-refractivity contribution in [3.8, 4) is 5.75 Å². The predicted molar refractivity (Wildman–Crippen MR) is 110 cm³/mol. The number of para-hydroxylation sites is 1. The average Bonchev–Trinajstić information content (AvgIpc) is 3.55. The van der Waals surface area contributed by atoms with Gasteiger partial charge in [-0.3, -0.25) is 9.78 Å². The van der Waals surface area contributed by atoms with Gasteiger partial charge in [-0.2, -0.15) is 0 Å². The van der Waals surface area contributed by atoms with Crippen molar-refractivity contribution in [1.29, 1.82) is 0 Å². The molecule has 29 heavy (non-hydrogen) atoms. The van der Waals surface area contributed by atoms with Crippen LogP contribution in [0.4, 0.5) is 5.95 Å². The fraction of sp³-hybridized carbons (Fsp3) is 0.364. The van der Waals surface area contributed by atoms with Crippen molar-refractivity contribution in [3.63, 3.8) is 0 Å². The largest absolute Gasteiger partial charge is 0.494 e. The number of ketones is 1. The first kappa shape index (κ1) is 19.3. The van der Waals surface area contributed by atoms with Gasteiger partial charge in [0, 0.05) is 24.1 Å². The number of hydrogen-bond donors (Lipinski definition) is 1. The molecule has 1 aromatic carbocycles. The van der Waals surface area contributed by atoms with E-state index >= 15 is 0 Å². The number of carbonyl (C=O) groups is 1. The number of nitrogen functional groups attached to an aromatic ring is 1. The van der Waals surface area contributed by atoms with Crippen LogP contribution in [0.15, 0.2) is 36.4 Å². The monoisotopic (exact) mass is 392 g/mol. The van der Waals surface area contributed by atoms with Gasteiger partial charge in [-0.05, 0) is 43.4 Å². The van der Waals surface area contributed by atoms with E-state index in [1.165, 1.54) is 12.8 Å². The fourth-order valence-electron chi connectivity index (χ4n) is 3.24. The van der Waals surface area contributed by atoms with Gasteiger partial charge in [-0.25, -0.2) is 9.97 Å². The zero-order valence-corrected chi connectivity index (χ0v) is 16.4. The van der Waals surface area contributed by atoms with E-state index in [0.29, 0.717) is 35.4 Å². The van der Waals surface area contributed by atoms with Gasteiger partial charge in [-0.15, -0.1) is 0 Å². The zero-order valence-electron chi connectivity index (χ0n) is 16.4. The molecule has 0 unspecified atom stereocenters. The Kier molecular flexibility index (Phi) is 5.67. The van der Waals surface area contributed by atoms with Crippen LogP contribution in [0.3, 0.4) is 0 Å². The summed E-state index contributed by atoms with van der Waals surface area (Å²) in [6.45, 7) is 1.31. The van der Waals surface area contributed by atoms with E-state index in [0.717, 1.165) is 23.9 Å². The summed E-state index contributed by atoms with van der Waals surface area (Å²) in [4.78, 5) is 25.9. The van der Waals surface area contributed by atoms with E-state index in [2.05, 4.69) is 15.0 Å². The minimum Gasteiger partial charge on any atom is -0.494 e. The second-order valence-corrected chi connectivity index (χ2v) is 7.29. The molecule has 0 amide bonds. The number of nitrogens with zero attached hydrogens (tertiary/aromatic N) is 3. The van der Waals surface area contributed by atoms with E-state index in [1.54, 1.807) is 19.2 Å². The van der Waals surface area contributed by atoms with Crippen LogP contribution in [0.1, 0.15) is 41.1 Å². The summed E-state index contributed by atoms with van der Waals surface area (Å²) in [7, 11) is 1.56.